The molecule has 0 amide bonds. The van der Waals surface area contributed by atoms with Crippen molar-refractivity contribution in [3.63, 3.8) is 0 Å². The van der Waals surface area contributed by atoms with Gasteiger partial charge in [-0.1, -0.05) is 5.16 Å². The van der Waals surface area contributed by atoms with Gasteiger partial charge in [-0.2, -0.15) is 16.3 Å². The minimum atomic E-state index is 0.111. The van der Waals surface area contributed by atoms with Crippen molar-refractivity contribution >= 4 is 11.3 Å². The Labute approximate surface area is 139 Å². The van der Waals surface area contributed by atoms with Crippen LogP contribution in [0.5, 0.6) is 0 Å². The molecule has 0 saturated carbocycles. The van der Waals surface area contributed by atoms with Crippen LogP contribution in [0.4, 0.5) is 0 Å². The molecular weight excluding hydrogens is 308 g/mol. The van der Waals surface area contributed by atoms with Crippen molar-refractivity contribution in [2.75, 3.05) is 6.54 Å². The molecule has 1 aliphatic rings. The van der Waals surface area contributed by atoms with E-state index in [2.05, 4.69) is 43.8 Å². The van der Waals surface area contributed by atoms with Crippen LogP contribution in [0.15, 0.2) is 45.9 Å². The quantitative estimate of drug-likeness (QED) is 0.723. The number of thiophene rings is 1. The third-order valence-corrected chi connectivity index (χ3v) is 5.14. The van der Waals surface area contributed by atoms with Crippen molar-refractivity contribution in [2.45, 2.75) is 31.8 Å². The number of hydrogen-bond acceptors (Lipinski definition) is 6. The van der Waals surface area contributed by atoms with Gasteiger partial charge in [-0.25, -0.2) is 0 Å². The summed E-state index contributed by atoms with van der Waals surface area (Å²) in [7, 11) is 0. The van der Waals surface area contributed by atoms with Crippen molar-refractivity contribution in [3.05, 3.63) is 52.8 Å². The summed E-state index contributed by atoms with van der Waals surface area (Å²) < 4.78 is 5.53. The maximum Gasteiger partial charge on any atom is 0.244 e. The zero-order valence-electron chi connectivity index (χ0n) is 12.9. The van der Waals surface area contributed by atoms with Gasteiger partial charge in [0.2, 0.25) is 11.7 Å². The minimum Gasteiger partial charge on any atom is -0.337 e. The Hall–Kier alpha value is -2.05. The van der Waals surface area contributed by atoms with Crippen LogP contribution in [0.3, 0.4) is 0 Å². The summed E-state index contributed by atoms with van der Waals surface area (Å²) in [5.74, 6) is 1.28. The number of pyridine rings is 1. The molecule has 6 heteroatoms. The second-order valence-electron chi connectivity index (χ2n) is 5.83. The van der Waals surface area contributed by atoms with Crippen molar-refractivity contribution in [1.82, 2.24) is 20.0 Å². The van der Waals surface area contributed by atoms with E-state index in [-0.39, 0.29) is 6.04 Å². The molecule has 1 saturated heterocycles. The lowest BCUT2D eigenvalue weighted by Gasteiger charge is -2.27. The first-order valence-electron chi connectivity index (χ1n) is 7.85. The van der Waals surface area contributed by atoms with E-state index in [1.807, 2.05) is 12.1 Å². The van der Waals surface area contributed by atoms with Crippen LogP contribution in [-0.4, -0.2) is 26.6 Å². The van der Waals surface area contributed by atoms with E-state index < -0.39 is 0 Å². The average molecular weight is 326 g/mol. The van der Waals surface area contributed by atoms with Gasteiger partial charge in [0.1, 0.15) is 0 Å². The van der Waals surface area contributed by atoms with Gasteiger partial charge in [-0.3, -0.25) is 9.88 Å². The molecule has 0 unspecified atom stereocenters. The van der Waals surface area contributed by atoms with Crippen LogP contribution >= 0.6 is 11.3 Å². The molecule has 1 aliphatic heterocycles. The van der Waals surface area contributed by atoms with E-state index in [1.54, 1.807) is 23.7 Å². The second kappa shape index (κ2) is 6.22. The van der Waals surface area contributed by atoms with E-state index in [1.165, 1.54) is 18.4 Å². The topological polar surface area (TPSA) is 55.1 Å². The van der Waals surface area contributed by atoms with Gasteiger partial charge >= 0.3 is 0 Å². The largest absolute Gasteiger partial charge is 0.337 e. The van der Waals surface area contributed by atoms with Gasteiger partial charge in [-0.05, 0) is 60.8 Å². The molecule has 2 atom stereocenters. The molecule has 0 aromatic carbocycles. The lowest BCUT2D eigenvalue weighted by Crippen LogP contribution is -2.26. The fourth-order valence-corrected chi connectivity index (χ4v) is 3.94. The predicted molar refractivity (Wildman–Crippen MR) is 88.9 cm³/mol. The van der Waals surface area contributed by atoms with Crippen molar-refractivity contribution in [2.24, 2.45) is 0 Å². The molecule has 0 N–H and O–H groups in total. The highest BCUT2D eigenvalue weighted by molar-refractivity contribution is 7.07. The molecule has 0 spiro atoms. The molecule has 4 rings (SSSR count). The highest BCUT2D eigenvalue weighted by Gasteiger charge is 2.33. The third kappa shape index (κ3) is 2.80. The van der Waals surface area contributed by atoms with E-state index >= 15 is 0 Å². The average Bonchev–Trinajstić information content (AvgIpc) is 3.34. The summed E-state index contributed by atoms with van der Waals surface area (Å²) in [6.45, 7) is 3.21. The van der Waals surface area contributed by atoms with Crippen molar-refractivity contribution in [3.8, 4) is 11.4 Å². The first-order valence-corrected chi connectivity index (χ1v) is 8.79. The molecule has 3 aromatic rings. The summed E-state index contributed by atoms with van der Waals surface area (Å²) in [5, 5.41) is 8.50. The minimum absolute atomic E-state index is 0.111. The van der Waals surface area contributed by atoms with Crippen LogP contribution in [0.1, 0.15) is 43.3 Å². The van der Waals surface area contributed by atoms with Crippen molar-refractivity contribution in [1.29, 1.82) is 0 Å². The summed E-state index contributed by atoms with van der Waals surface area (Å²) in [5.41, 5.74) is 2.27. The van der Waals surface area contributed by atoms with E-state index in [0.29, 0.717) is 17.8 Å². The Morgan fingerprint density at radius 2 is 2.35 bits per heavy atom. The Morgan fingerprint density at radius 3 is 3.13 bits per heavy atom. The zero-order chi connectivity index (χ0) is 15.6. The van der Waals surface area contributed by atoms with E-state index in [9.17, 15) is 0 Å². The zero-order valence-corrected chi connectivity index (χ0v) is 13.7. The molecular formula is C17H18N4OS. The maximum atomic E-state index is 5.53. The van der Waals surface area contributed by atoms with Crippen LogP contribution in [0, 0.1) is 0 Å². The number of likely N-dealkylation sites (tertiary alicyclic amines) is 1. The standard InChI is InChI=1S/C17H18N4OS/c1-12(21-8-3-5-15(21)14-6-9-23-11-14)17-19-16(20-22-17)13-4-2-7-18-10-13/h2,4,6-7,9-12,15H,3,5,8H2,1H3/t12-,15-/m1/s1. The molecule has 5 nitrogen and oxygen atoms in total. The van der Waals surface area contributed by atoms with Crippen molar-refractivity contribution < 1.29 is 4.52 Å². The van der Waals surface area contributed by atoms with Crippen LogP contribution < -0.4 is 0 Å². The van der Waals surface area contributed by atoms with Gasteiger partial charge in [0.25, 0.3) is 0 Å². The van der Waals surface area contributed by atoms with E-state index in [4.69, 9.17) is 4.52 Å². The fraction of sp³-hybridized carbons (Fsp3) is 0.353. The molecule has 3 aromatic heterocycles. The molecule has 0 radical (unpaired) electrons. The summed E-state index contributed by atoms with van der Waals surface area (Å²) >= 11 is 1.75. The number of aromatic nitrogens is 3. The Bertz CT molecular complexity index is 756. The molecule has 0 bridgehead atoms. The molecule has 4 heterocycles. The SMILES string of the molecule is C[C@H](c1nc(-c2cccnc2)no1)N1CCC[C@@H]1c1ccsc1. The third-order valence-electron chi connectivity index (χ3n) is 4.44. The predicted octanol–water partition coefficient (Wildman–Crippen LogP) is 4.09. The fourth-order valence-electron chi connectivity index (χ4n) is 3.23. The second-order valence-corrected chi connectivity index (χ2v) is 6.61. The summed E-state index contributed by atoms with van der Waals surface area (Å²) in [6.07, 6.45) is 5.88. The molecule has 23 heavy (non-hydrogen) atoms. The van der Waals surface area contributed by atoms with Gasteiger partial charge in [0, 0.05) is 24.0 Å². The first kappa shape index (κ1) is 14.5. The Balaban J connectivity index is 1.57. The lowest BCUT2D eigenvalue weighted by molar-refractivity contribution is 0.159. The van der Waals surface area contributed by atoms with Gasteiger partial charge in [-0.15, -0.1) is 0 Å². The van der Waals surface area contributed by atoms with Crippen LogP contribution in [0.2, 0.25) is 0 Å². The smallest absolute Gasteiger partial charge is 0.244 e. The lowest BCUT2D eigenvalue weighted by atomic mass is 10.1. The maximum absolute atomic E-state index is 5.53. The molecule has 118 valence electrons. The van der Waals surface area contributed by atoms with E-state index in [0.717, 1.165) is 12.1 Å². The summed E-state index contributed by atoms with van der Waals surface area (Å²) in [6, 6.07) is 6.60. The Kier molecular flexibility index (Phi) is 3.93. The number of rotatable bonds is 4. The highest BCUT2D eigenvalue weighted by atomic mass is 32.1. The van der Waals surface area contributed by atoms with Gasteiger partial charge in [0.05, 0.1) is 6.04 Å². The number of nitrogens with zero attached hydrogens (tertiary/aromatic N) is 4. The Morgan fingerprint density at radius 1 is 1.39 bits per heavy atom. The monoisotopic (exact) mass is 326 g/mol. The molecule has 1 fully saturated rings. The normalized spacial score (nSPS) is 20.0. The van der Waals surface area contributed by atoms with Crippen LogP contribution in [0.25, 0.3) is 11.4 Å². The van der Waals surface area contributed by atoms with Gasteiger partial charge < -0.3 is 4.52 Å². The number of hydrogen-bond donors (Lipinski definition) is 0. The highest BCUT2D eigenvalue weighted by Crippen LogP contribution is 2.38. The summed E-state index contributed by atoms with van der Waals surface area (Å²) in [4.78, 5) is 11.2. The molecule has 0 aliphatic carbocycles. The van der Waals surface area contributed by atoms with Gasteiger partial charge in [0.15, 0.2) is 0 Å². The first-order chi connectivity index (χ1) is 11.3. The van der Waals surface area contributed by atoms with Crippen LogP contribution in [-0.2, 0) is 0 Å².